The van der Waals surface area contributed by atoms with Crippen molar-refractivity contribution in [3.63, 3.8) is 0 Å². The minimum Gasteiger partial charge on any atom is -0.378 e. The van der Waals surface area contributed by atoms with Crippen LogP contribution in [0.1, 0.15) is 48.9 Å². The van der Waals surface area contributed by atoms with Crippen LogP contribution in [-0.4, -0.2) is 55.0 Å². The molecule has 33 heavy (non-hydrogen) atoms. The van der Waals surface area contributed by atoms with Gasteiger partial charge in [0.2, 0.25) is 11.8 Å². The molecule has 2 heterocycles. The Bertz CT molecular complexity index is 1010. The van der Waals surface area contributed by atoms with Crippen molar-refractivity contribution in [2.45, 2.75) is 44.9 Å². The Labute approximate surface area is 196 Å². The average Bonchev–Trinajstić information content (AvgIpc) is 3.32. The fourth-order valence-corrected chi connectivity index (χ4v) is 4.62. The Hall–Kier alpha value is -3.12. The molecule has 0 bridgehead atoms. The molecule has 1 saturated heterocycles. The fourth-order valence-electron chi connectivity index (χ4n) is 4.62. The number of anilines is 1. The molecular weight excluding hydrogens is 414 g/mol. The van der Waals surface area contributed by atoms with Crippen molar-refractivity contribution in [3.8, 4) is 0 Å². The van der Waals surface area contributed by atoms with Crippen LogP contribution >= 0.6 is 0 Å². The van der Waals surface area contributed by atoms with Gasteiger partial charge in [-0.3, -0.25) is 9.59 Å². The van der Waals surface area contributed by atoms with Gasteiger partial charge in [-0.05, 0) is 47.7 Å². The molecule has 2 unspecified atom stereocenters. The van der Waals surface area contributed by atoms with Gasteiger partial charge in [0.15, 0.2) is 0 Å². The van der Waals surface area contributed by atoms with E-state index in [0.717, 1.165) is 41.8 Å². The van der Waals surface area contributed by atoms with E-state index in [1.54, 1.807) is 18.0 Å². The van der Waals surface area contributed by atoms with Crippen LogP contribution in [0.4, 0.5) is 5.69 Å². The lowest BCUT2D eigenvalue weighted by atomic mass is 9.93. The standard InChI is InChI=1S/C27H33N3O3/c1-20(31)30-15-14-22-7-4-5-9-25(22)26(30)17-27(32)29(19-24-8-6-16-33-24)18-21-10-12-23(13-11-21)28(2)3/h4-5,7,9-15,24,26H,6,8,16-19H2,1-3H3. The molecule has 1 fully saturated rings. The molecule has 6 heteroatoms. The van der Waals surface area contributed by atoms with Crippen LogP contribution in [0.5, 0.6) is 0 Å². The Kier molecular flexibility index (Phi) is 7.14. The maximum absolute atomic E-state index is 13.7. The minimum absolute atomic E-state index is 0.0311. The molecule has 0 spiro atoms. The number of ether oxygens (including phenoxy) is 1. The van der Waals surface area contributed by atoms with Gasteiger partial charge in [-0.25, -0.2) is 0 Å². The second-order valence-electron chi connectivity index (χ2n) is 9.06. The Morgan fingerprint density at radius 1 is 1.09 bits per heavy atom. The zero-order chi connectivity index (χ0) is 23.4. The highest BCUT2D eigenvalue weighted by Gasteiger charge is 2.31. The summed E-state index contributed by atoms with van der Waals surface area (Å²) in [5.41, 5.74) is 4.27. The Morgan fingerprint density at radius 3 is 2.52 bits per heavy atom. The van der Waals surface area contributed by atoms with E-state index in [0.29, 0.717) is 13.1 Å². The third-order valence-corrected chi connectivity index (χ3v) is 6.46. The lowest BCUT2D eigenvalue weighted by Crippen LogP contribution is -2.40. The highest BCUT2D eigenvalue weighted by atomic mass is 16.5. The van der Waals surface area contributed by atoms with Crippen LogP contribution in [0.15, 0.2) is 54.7 Å². The number of hydrogen-bond donors (Lipinski definition) is 0. The van der Waals surface area contributed by atoms with E-state index >= 15 is 0 Å². The van der Waals surface area contributed by atoms with Crippen molar-refractivity contribution in [2.24, 2.45) is 0 Å². The number of benzene rings is 2. The van der Waals surface area contributed by atoms with Gasteiger partial charge in [0, 0.05) is 52.6 Å². The maximum Gasteiger partial charge on any atom is 0.225 e. The predicted molar refractivity (Wildman–Crippen MR) is 131 cm³/mol. The molecule has 2 aromatic carbocycles. The molecular formula is C27H33N3O3. The van der Waals surface area contributed by atoms with Crippen molar-refractivity contribution in [1.29, 1.82) is 0 Å². The van der Waals surface area contributed by atoms with E-state index in [1.807, 2.05) is 49.3 Å². The smallest absolute Gasteiger partial charge is 0.225 e. The van der Waals surface area contributed by atoms with Crippen LogP contribution in [-0.2, 0) is 20.9 Å². The minimum atomic E-state index is -0.306. The first-order valence-electron chi connectivity index (χ1n) is 11.6. The van der Waals surface area contributed by atoms with Crippen molar-refractivity contribution in [3.05, 3.63) is 71.4 Å². The van der Waals surface area contributed by atoms with Crippen LogP contribution in [0.2, 0.25) is 0 Å². The lowest BCUT2D eigenvalue weighted by Gasteiger charge is -2.34. The topological polar surface area (TPSA) is 53.1 Å². The third-order valence-electron chi connectivity index (χ3n) is 6.46. The van der Waals surface area contributed by atoms with Crippen LogP contribution in [0.3, 0.4) is 0 Å². The number of fused-ring (bicyclic) bond motifs is 1. The molecule has 2 aliphatic rings. The SMILES string of the molecule is CC(=O)N1C=Cc2ccccc2C1CC(=O)N(Cc1ccc(N(C)C)cc1)CC1CCCO1. The molecule has 2 aromatic rings. The first kappa shape index (κ1) is 23.1. The summed E-state index contributed by atoms with van der Waals surface area (Å²) in [4.78, 5) is 31.6. The second kappa shape index (κ2) is 10.2. The monoisotopic (exact) mass is 447 g/mol. The summed E-state index contributed by atoms with van der Waals surface area (Å²) in [5, 5.41) is 0. The van der Waals surface area contributed by atoms with E-state index in [-0.39, 0.29) is 30.4 Å². The summed E-state index contributed by atoms with van der Waals surface area (Å²) in [5.74, 6) is -0.0351. The molecule has 174 valence electrons. The maximum atomic E-state index is 13.7. The zero-order valence-corrected chi connectivity index (χ0v) is 19.7. The fraction of sp³-hybridized carbons (Fsp3) is 0.407. The molecule has 0 aliphatic carbocycles. The summed E-state index contributed by atoms with van der Waals surface area (Å²) >= 11 is 0. The van der Waals surface area contributed by atoms with Crippen molar-refractivity contribution >= 4 is 23.6 Å². The molecule has 2 amide bonds. The summed E-state index contributed by atoms with van der Waals surface area (Å²) < 4.78 is 5.85. The lowest BCUT2D eigenvalue weighted by molar-refractivity contribution is -0.136. The molecule has 4 rings (SSSR count). The summed E-state index contributed by atoms with van der Waals surface area (Å²) in [6.07, 6.45) is 6.04. The first-order valence-corrected chi connectivity index (χ1v) is 11.6. The van der Waals surface area contributed by atoms with E-state index in [9.17, 15) is 9.59 Å². The molecule has 0 saturated carbocycles. The van der Waals surface area contributed by atoms with Gasteiger partial charge in [-0.2, -0.15) is 0 Å². The van der Waals surface area contributed by atoms with E-state index in [2.05, 4.69) is 29.2 Å². The van der Waals surface area contributed by atoms with Crippen molar-refractivity contribution in [2.75, 3.05) is 32.1 Å². The summed E-state index contributed by atoms with van der Waals surface area (Å²) in [7, 11) is 4.03. The van der Waals surface area contributed by atoms with Gasteiger partial charge in [-0.1, -0.05) is 36.4 Å². The van der Waals surface area contributed by atoms with E-state index < -0.39 is 0 Å². The van der Waals surface area contributed by atoms with Gasteiger partial charge in [0.25, 0.3) is 0 Å². The van der Waals surface area contributed by atoms with E-state index in [4.69, 9.17) is 4.74 Å². The van der Waals surface area contributed by atoms with Gasteiger partial charge in [0.05, 0.1) is 18.6 Å². The van der Waals surface area contributed by atoms with E-state index in [1.165, 1.54) is 0 Å². The van der Waals surface area contributed by atoms with Crippen molar-refractivity contribution < 1.29 is 14.3 Å². The van der Waals surface area contributed by atoms with Crippen LogP contribution in [0.25, 0.3) is 6.08 Å². The second-order valence-corrected chi connectivity index (χ2v) is 9.06. The van der Waals surface area contributed by atoms with Crippen LogP contribution < -0.4 is 4.90 Å². The van der Waals surface area contributed by atoms with Gasteiger partial charge < -0.3 is 19.4 Å². The molecule has 6 nitrogen and oxygen atoms in total. The predicted octanol–water partition coefficient (Wildman–Crippen LogP) is 4.22. The third kappa shape index (κ3) is 5.45. The summed E-state index contributed by atoms with van der Waals surface area (Å²) in [6, 6.07) is 16.0. The molecule has 2 aliphatic heterocycles. The zero-order valence-electron chi connectivity index (χ0n) is 19.7. The average molecular weight is 448 g/mol. The number of hydrogen-bond acceptors (Lipinski definition) is 4. The van der Waals surface area contributed by atoms with Crippen LogP contribution in [0, 0.1) is 0 Å². The highest BCUT2D eigenvalue weighted by molar-refractivity contribution is 5.82. The number of nitrogens with zero attached hydrogens (tertiary/aromatic N) is 3. The van der Waals surface area contributed by atoms with Gasteiger partial charge in [-0.15, -0.1) is 0 Å². The quantitative estimate of drug-likeness (QED) is 0.638. The molecule has 2 atom stereocenters. The first-order chi connectivity index (χ1) is 15.9. The molecule has 0 N–H and O–H groups in total. The van der Waals surface area contributed by atoms with Gasteiger partial charge >= 0.3 is 0 Å². The Balaban J connectivity index is 1.56. The number of carbonyl (C=O) groups is 2. The largest absolute Gasteiger partial charge is 0.378 e. The summed E-state index contributed by atoms with van der Waals surface area (Å²) in [6.45, 7) is 3.39. The highest BCUT2D eigenvalue weighted by Crippen LogP contribution is 2.33. The number of amides is 2. The normalized spacial score (nSPS) is 19.3. The molecule has 0 aromatic heterocycles. The van der Waals surface area contributed by atoms with Crippen molar-refractivity contribution in [1.82, 2.24) is 9.80 Å². The van der Waals surface area contributed by atoms with Gasteiger partial charge in [0.1, 0.15) is 0 Å². The Morgan fingerprint density at radius 2 is 1.85 bits per heavy atom. The number of rotatable bonds is 7. The molecule has 0 radical (unpaired) electrons. The number of carbonyl (C=O) groups excluding carboxylic acids is 2.